The lowest BCUT2D eigenvalue weighted by atomic mass is 10.1. The second-order valence-electron chi connectivity index (χ2n) is 6.06. The highest BCUT2D eigenvalue weighted by molar-refractivity contribution is 7.09. The molecule has 1 saturated heterocycles. The Bertz CT molecular complexity index is 499. The number of carbonyl (C=O) groups is 1. The summed E-state index contributed by atoms with van der Waals surface area (Å²) in [6.07, 6.45) is 7.79. The number of nitrogens with one attached hydrogen (secondary N) is 1. The van der Waals surface area contributed by atoms with Crippen LogP contribution in [0, 0.1) is 0 Å². The molecule has 1 aliphatic carbocycles. The number of ether oxygens (including phenoxy) is 2. The summed E-state index contributed by atoms with van der Waals surface area (Å²) in [5, 5.41) is 5.88. The number of methoxy groups -OCH3 is 1. The smallest absolute Gasteiger partial charge is 0.271 e. The summed E-state index contributed by atoms with van der Waals surface area (Å²) in [6.45, 7) is 0.795. The molecule has 0 aromatic carbocycles. The quantitative estimate of drug-likeness (QED) is 0.865. The molecule has 1 aromatic rings. The molecular weight excluding hydrogens is 300 g/mol. The fourth-order valence-corrected chi connectivity index (χ4v) is 4.16. The fraction of sp³-hybridized carbons (Fsp3) is 0.750. The van der Waals surface area contributed by atoms with Crippen LogP contribution in [0.5, 0.6) is 0 Å². The summed E-state index contributed by atoms with van der Waals surface area (Å²) in [7, 11) is 1.73. The molecule has 3 rings (SSSR count). The Morgan fingerprint density at radius 3 is 2.95 bits per heavy atom. The maximum absolute atomic E-state index is 12.5. The number of rotatable bonds is 4. The molecule has 6 heteroatoms. The number of hydrogen-bond donors (Lipinski definition) is 1. The second-order valence-corrected chi connectivity index (χ2v) is 6.95. The molecule has 122 valence electrons. The average molecular weight is 324 g/mol. The minimum Gasteiger partial charge on any atom is -0.379 e. The van der Waals surface area contributed by atoms with Crippen molar-refractivity contribution < 1.29 is 14.3 Å². The monoisotopic (exact) mass is 324 g/mol. The minimum atomic E-state index is -0.0885. The molecule has 0 bridgehead atoms. The van der Waals surface area contributed by atoms with Crippen LogP contribution in [0.15, 0.2) is 5.38 Å². The van der Waals surface area contributed by atoms with Crippen molar-refractivity contribution in [1.29, 1.82) is 0 Å². The van der Waals surface area contributed by atoms with Crippen LogP contribution in [0.3, 0.4) is 0 Å². The van der Waals surface area contributed by atoms with E-state index in [0.29, 0.717) is 5.69 Å². The zero-order valence-electron chi connectivity index (χ0n) is 13.0. The van der Waals surface area contributed by atoms with E-state index < -0.39 is 0 Å². The number of carbonyl (C=O) groups excluding carboxylic acids is 1. The third kappa shape index (κ3) is 3.67. The van der Waals surface area contributed by atoms with Gasteiger partial charge in [0.15, 0.2) is 0 Å². The number of aromatic nitrogens is 1. The van der Waals surface area contributed by atoms with Crippen LogP contribution in [0.25, 0.3) is 0 Å². The van der Waals surface area contributed by atoms with E-state index in [-0.39, 0.29) is 24.2 Å². The Hall–Kier alpha value is -0.980. The number of amides is 1. The van der Waals surface area contributed by atoms with Gasteiger partial charge in [-0.1, -0.05) is 19.3 Å². The van der Waals surface area contributed by atoms with Crippen LogP contribution in [0.1, 0.15) is 66.5 Å². The molecule has 1 N–H and O–H groups in total. The van der Waals surface area contributed by atoms with Gasteiger partial charge < -0.3 is 14.8 Å². The molecule has 0 radical (unpaired) electrons. The van der Waals surface area contributed by atoms with Crippen molar-refractivity contribution in [3.05, 3.63) is 16.1 Å². The van der Waals surface area contributed by atoms with Crippen LogP contribution in [0.2, 0.25) is 0 Å². The van der Waals surface area contributed by atoms with Crippen molar-refractivity contribution >= 4 is 17.2 Å². The zero-order chi connectivity index (χ0) is 15.4. The Kier molecular flexibility index (Phi) is 5.44. The SMILES string of the molecule is CO[C@@H]1CCCCC[C@H]1NC(=O)c1csc([C@H]2CCCO2)n1. The molecule has 3 atom stereocenters. The maximum Gasteiger partial charge on any atom is 0.271 e. The van der Waals surface area contributed by atoms with Gasteiger partial charge in [-0.25, -0.2) is 4.98 Å². The molecule has 1 aromatic heterocycles. The zero-order valence-corrected chi connectivity index (χ0v) is 13.9. The van der Waals surface area contributed by atoms with Gasteiger partial charge in [0.05, 0.1) is 12.1 Å². The Balaban J connectivity index is 1.63. The Labute approximate surface area is 135 Å². The number of hydrogen-bond acceptors (Lipinski definition) is 5. The number of thiazole rings is 1. The predicted octanol–water partition coefficient (Wildman–Crippen LogP) is 3.07. The van der Waals surface area contributed by atoms with Gasteiger partial charge in [-0.3, -0.25) is 4.79 Å². The Morgan fingerprint density at radius 2 is 2.18 bits per heavy atom. The largest absolute Gasteiger partial charge is 0.379 e. The predicted molar refractivity (Wildman–Crippen MR) is 85.2 cm³/mol. The van der Waals surface area contributed by atoms with Gasteiger partial charge in [0.25, 0.3) is 5.91 Å². The summed E-state index contributed by atoms with van der Waals surface area (Å²) in [4.78, 5) is 16.9. The summed E-state index contributed by atoms with van der Waals surface area (Å²) < 4.78 is 11.2. The highest BCUT2D eigenvalue weighted by Gasteiger charge is 2.27. The molecule has 5 nitrogen and oxygen atoms in total. The minimum absolute atomic E-state index is 0.0798. The van der Waals surface area contributed by atoms with Crippen molar-refractivity contribution in [1.82, 2.24) is 10.3 Å². The lowest BCUT2D eigenvalue weighted by Crippen LogP contribution is -2.43. The lowest BCUT2D eigenvalue weighted by Gasteiger charge is -2.24. The van der Waals surface area contributed by atoms with E-state index in [0.717, 1.165) is 43.7 Å². The highest BCUT2D eigenvalue weighted by atomic mass is 32.1. The van der Waals surface area contributed by atoms with Crippen molar-refractivity contribution in [2.45, 2.75) is 63.2 Å². The topological polar surface area (TPSA) is 60.5 Å². The summed E-state index contributed by atoms with van der Waals surface area (Å²) in [6, 6.07) is 0.0906. The third-order valence-corrected chi connectivity index (χ3v) is 5.47. The molecule has 2 fully saturated rings. The van der Waals surface area contributed by atoms with Crippen LogP contribution in [0.4, 0.5) is 0 Å². The first-order valence-corrected chi connectivity index (χ1v) is 9.06. The molecule has 2 heterocycles. The van der Waals surface area contributed by atoms with E-state index in [2.05, 4.69) is 10.3 Å². The molecule has 1 saturated carbocycles. The van der Waals surface area contributed by atoms with E-state index in [1.54, 1.807) is 7.11 Å². The normalized spacial score (nSPS) is 29.2. The van der Waals surface area contributed by atoms with Gasteiger partial charge in [-0.2, -0.15) is 0 Å². The second kappa shape index (κ2) is 7.53. The molecule has 2 aliphatic rings. The summed E-state index contributed by atoms with van der Waals surface area (Å²) in [5.41, 5.74) is 0.509. The third-order valence-electron chi connectivity index (χ3n) is 4.53. The van der Waals surface area contributed by atoms with Gasteiger partial charge in [-0.05, 0) is 25.7 Å². The van der Waals surface area contributed by atoms with Crippen molar-refractivity contribution in [3.63, 3.8) is 0 Å². The number of nitrogens with zero attached hydrogens (tertiary/aromatic N) is 1. The van der Waals surface area contributed by atoms with Gasteiger partial charge in [0.1, 0.15) is 16.8 Å². The molecule has 22 heavy (non-hydrogen) atoms. The Morgan fingerprint density at radius 1 is 1.32 bits per heavy atom. The highest BCUT2D eigenvalue weighted by Crippen LogP contribution is 2.30. The molecular formula is C16H24N2O3S. The first-order chi connectivity index (χ1) is 10.8. The van der Waals surface area contributed by atoms with Crippen LogP contribution < -0.4 is 5.32 Å². The van der Waals surface area contributed by atoms with Crippen molar-refractivity contribution in [2.75, 3.05) is 13.7 Å². The summed E-state index contributed by atoms with van der Waals surface area (Å²) in [5.74, 6) is -0.0885. The van der Waals surface area contributed by atoms with E-state index in [4.69, 9.17) is 9.47 Å². The maximum atomic E-state index is 12.5. The molecule has 0 unspecified atom stereocenters. The van der Waals surface area contributed by atoms with Gasteiger partial charge >= 0.3 is 0 Å². The van der Waals surface area contributed by atoms with Gasteiger partial charge in [0.2, 0.25) is 0 Å². The lowest BCUT2D eigenvalue weighted by molar-refractivity contribution is 0.0566. The standard InChI is InChI=1S/C16H24N2O3S/c1-20-13-7-4-2-3-6-11(13)17-15(19)12-10-22-16(18-12)14-8-5-9-21-14/h10-11,13-14H,2-9H2,1H3,(H,17,19)/t11-,13-,14-/m1/s1. The average Bonchev–Trinajstić information content (AvgIpc) is 3.16. The first-order valence-electron chi connectivity index (χ1n) is 8.18. The van der Waals surface area contributed by atoms with Crippen LogP contribution in [-0.2, 0) is 9.47 Å². The van der Waals surface area contributed by atoms with Gasteiger partial charge in [0, 0.05) is 19.1 Å². The van der Waals surface area contributed by atoms with Crippen LogP contribution in [-0.4, -0.2) is 36.8 Å². The van der Waals surface area contributed by atoms with Gasteiger partial charge in [-0.15, -0.1) is 11.3 Å². The van der Waals surface area contributed by atoms with Crippen molar-refractivity contribution in [3.8, 4) is 0 Å². The first kappa shape index (κ1) is 15.9. The molecule has 0 spiro atoms. The van der Waals surface area contributed by atoms with Crippen LogP contribution >= 0.6 is 11.3 Å². The molecule has 1 aliphatic heterocycles. The molecule has 1 amide bonds. The summed E-state index contributed by atoms with van der Waals surface area (Å²) >= 11 is 1.52. The van der Waals surface area contributed by atoms with E-state index in [9.17, 15) is 4.79 Å². The van der Waals surface area contributed by atoms with E-state index in [1.807, 2.05) is 5.38 Å². The van der Waals surface area contributed by atoms with E-state index >= 15 is 0 Å². The van der Waals surface area contributed by atoms with E-state index in [1.165, 1.54) is 24.2 Å². The fourth-order valence-electron chi connectivity index (χ4n) is 3.28. The van der Waals surface area contributed by atoms with Crippen molar-refractivity contribution in [2.24, 2.45) is 0 Å².